The van der Waals surface area contributed by atoms with Gasteiger partial charge in [-0.15, -0.1) is 0 Å². The molecule has 1 aliphatic heterocycles. The van der Waals surface area contributed by atoms with Gasteiger partial charge >= 0.3 is 6.09 Å². The van der Waals surface area contributed by atoms with Crippen molar-refractivity contribution >= 4 is 22.0 Å². The second kappa shape index (κ2) is 7.85. The smallest absolute Gasteiger partial charge is 0.409 e. The zero-order chi connectivity index (χ0) is 19.6. The molecule has 27 heavy (non-hydrogen) atoms. The number of amides is 2. The normalized spacial score (nSPS) is 17.7. The van der Waals surface area contributed by atoms with Crippen LogP contribution in [0, 0.1) is 6.92 Å². The number of hydrogen-bond donors (Lipinski definition) is 1. The maximum atomic E-state index is 12.9. The average Bonchev–Trinajstić information content (AvgIpc) is 3.45. The molecule has 1 saturated carbocycles. The monoisotopic (exact) mass is 395 g/mol. The van der Waals surface area contributed by atoms with Crippen LogP contribution in [0.2, 0.25) is 0 Å². The molecule has 1 aromatic rings. The molecular formula is C18H25N3O5S. The zero-order valence-corrected chi connectivity index (χ0v) is 16.4. The third kappa shape index (κ3) is 4.59. The van der Waals surface area contributed by atoms with Crippen LogP contribution >= 0.6 is 0 Å². The molecule has 1 aliphatic carbocycles. The van der Waals surface area contributed by atoms with Crippen LogP contribution < -0.4 is 4.72 Å². The third-order valence-electron chi connectivity index (χ3n) is 4.74. The van der Waals surface area contributed by atoms with E-state index in [1.807, 2.05) is 0 Å². The van der Waals surface area contributed by atoms with E-state index in [1.54, 1.807) is 29.7 Å². The highest BCUT2D eigenvalue weighted by molar-refractivity contribution is 7.89. The number of nitrogens with zero attached hydrogens (tertiary/aromatic N) is 2. The lowest BCUT2D eigenvalue weighted by Gasteiger charge is -2.34. The van der Waals surface area contributed by atoms with E-state index >= 15 is 0 Å². The highest BCUT2D eigenvalue weighted by atomic mass is 32.2. The Balaban J connectivity index is 1.71. The second-order valence-corrected chi connectivity index (χ2v) is 8.56. The summed E-state index contributed by atoms with van der Waals surface area (Å²) in [4.78, 5) is 28.0. The van der Waals surface area contributed by atoms with Crippen LogP contribution in [0.5, 0.6) is 0 Å². The zero-order valence-electron chi connectivity index (χ0n) is 15.6. The van der Waals surface area contributed by atoms with Crippen molar-refractivity contribution < 1.29 is 22.7 Å². The Labute approximate surface area is 159 Å². The van der Waals surface area contributed by atoms with Crippen molar-refractivity contribution in [3.63, 3.8) is 0 Å². The molecule has 1 saturated heterocycles. The van der Waals surface area contributed by atoms with Crippen molar-refractivity contribution in [2.75, 3.05) is 32.8 Å². The molecule has 0 atom stereocenters. The first-order valence-corrected chi connectivity index (χ1v) is 10.6. The predicted molar refractivity (Wildman–Crippen MR) is 99.0 cm³/mol. The van der Waals surface area contributed by atoms with E-state index < -0.39 is 10.0 Å². The van der Waals surface area contributed by atoms with Gasteiger partial charge in [0, 0.05) is 37.8 Å². The van der Waals surface area contributed by atoms with Crippen molar-refractivity contribution in [1.29, 1.82) is 0 Å². The summed E-state index contributed by atoms with van der Waals surface area (Å²) in [7, 11) is -3.62. The number of benzene rings is 1. The SMILES string of the molecule is CCOC(=O)N1CCN(C(=O)c2cc(S(=O)(=O)NC3CC3)ccc2C)CC1. The van der Waals surface area contributed by atoms with E-state index in [0.717, 1.165) is 18.4 Å². The van der Waals surface area contributed by atoms with Crippen LogP contribution in [-0.2, 0) is 14.8 Å². The van der Waals surface area contributed by atoms with Crippen LogP contribution in [0.25, 0.3) is 0 Å². The molecule has 0 radical (unpaired) electrons. The number of nitrogens with one attached hydrogen (secondary N) is 1. The number of carbonyl (C=O) groups excluding carboxylic acids is 2. The molecule has 1 heterocycles. The van der Waals surface area contributed by atoms with Gasteiger partial charge in [0.1, 0.15) is 0 Å². The van der Waals surface area contributed by atoms with Crippen molar-refractivity contribution in [3.05, 3.63) is 29.3 Å². The Morgan fingerprint density at radius 2 is 1.78 bits per heavy atom. The molecule has 0 aromatic heterocycles. The maximum Gasteiger partial charge on any atom is 0.409 e. The highest BCUT2D eigenvalue weighted by Crippen LogP contribution is 2.24. The minimum absolute atomic E-state index is 0.00593. The number of aryl methyl sites for hydroxylation is 1. The standard InChI is InChI=1S/C18H25N3O5S/c1-3-26-18(23)21-10-8-20(9-11-21)17(22)16-12-15(7-4-13(16)2)27(24,25)19-14-5-6-14/h4,7,12,14,19H,3,5-6,8-11H2,1-2H3. The van der Waals surface area contributed by atoms with Gasteiger partial charge in [-0.25, -0.2) is 17.9 Å². The molecule has 2 aliphatic rings. The van der Waals surface area contributed by atoms with E-state index in [1.165, 1.54) is 12.1 Å². The van der Waals surface area contributed by atoms with Crippen molar-refractivity contribution in [2.24, 2.45) is 0 Å². The Kier molecular flexibility index (Phi) is 5.71. The van der Waals surface area contributed by atoms with Crippen LogP contribution in [-0.4, -0.2) is 69.0 Å². The van der Waals surface area contributed by atoms with E-state index in [-0.39, 0.29) is 22.9 Å². The molecule has 8 nitrogen and oxygen atoms in total. The average molecular weight is 395 g/mol. The summed E-state index contributed by atoms with van der Waals surface area (Å²) >= 11 is 0. The van der Waals surface area contributed by atoms with E-state index in [4.69, 9.17) is 4.74 Å². The van der Waals surface area contributed by atoms with E-state index in [9.17, 15) is 18.0 Å². The van der Waals surface area contributed by atoms with Gasteiger partial charge in [0.15, 0.2) is 0 Å². The molecule has 2 fully saturated rings. The Hall–Kier alpha value is -2.13. The van der Waals surface area contributed by atoms with Crippen LogP contribution in [0.1, 0.15) is 35.7 Å². The lowest BCUT2D eigenvalue weighted by atomic mass is 10.1. The van der Waals surface area contributed by atoms with Crippen LogP contribution in [0.4, 0.5) is 4.79 Å². The Bertz CT molecular complexity index is 827. The molecule has 0 spiro atoms. The van der Waals surface area contributed by atoms with Gasteiger partial charge in [0.2, 0.25) is 10.0 Å². The molecule has 1 aromatic carbocycles. The number of rotatable bonds is 5. The number of carbonyl (C=O) groups is 2. The highest BCUT2D eigenvalue weighted by Gasteiger charge is 2.30. The fourth-order valence-corrected chi connectivity index (χ4v) is 4.30. The van der Waals surface area contributed by atoms with Crippen molar-refractivity contribution in [2.45, 2.75) is 37.6 Å². The largest absolute Gasteiger partial charge is 0.450 e. The van der Waals surface area contributed by atoms with Crippen molar-refractivity contribution in [1.82, 2.24) is 14.5 Å². The lowest BCUT2D eigenvalue weighted by Crippen LogP contribution is -2.50. The summed E-state index contributed by atoms with van der Waals surface area (Å²) in [6.45, 7) is 5.40. The van der Waals surface area contributed by atoms with Gasteiger partial charge in [-0.3, -0.25) is 4.79 Å². The van der Waals surface area contributed by atoms with Gasteiger partial charge in [0.25, 0.3) is 5.91 Å². The molecule has 148 valence electrons. The summed E-state index contributed by atoms with van der Waals surface area (Å²) in [6.07, 6.45) is 1.32. The molecule has 0 unspecified atom stereocenters. The van der Waals surface area contributed by atoms with Gasteiger partial charge in [-0.1, -0.05) is 6.07 Å². The minimum atomic E-state index is -3.62. The third-order valence-corrected chi connectivity index (χ3v) is 6.26. The quantitative estimate of drug-likeness (QED) is 0.812. The fraction of sp³-hybridized carbons (Fsp3) is 0.556. The Morgan fingerprint density at radius 3 is 2.37 bits per heavy atom. The minimum Gasteiger partial charge on any atom is -0.450 e. The molecule has 0 bridgehead atoms. The number of ether oxygens (including phenoxy) is 1. The summed E-state index contributed by atoms with van der Waals surface area (Å²) < 4.78 is 32.5. The topological polar surface area (TPSA) is 96.0 Å². The first-order valence-electron chi connectivity index (χ1n) is 9.16. The molecule has 2 amide bonds. The summed E-state index contributed by atoms with van der Waals surface area (Å²) in [5, 5.41) is 0. The van der Waals surface area contributed by atoms with Gasteiger partial charge < -0.3 is 14.5 Å². The summed E-state index contributed by atoms with van der Waals surface area (Å²) in [6, 6.07) is 4.63. The summed E-state index contributed by atoms with van der Waals surface area (Å²) in [5.41, 5.74) is 1.09. The molecule has 9 heteroatoms. The van der Waals surface area contributed by atoms with Gasteiger partial charge in [0.05, 0.1) is 11.5 Å². The van der Waals surface area contributed by atoms with E-state index in [0.29, 0.717) is 38.3 Å². The number of hydrogen-bond acceptors (Lipinski definition) is 5. The molecule has 3 rings (SSSR count). The number of sulfonamides is 1. The molecular weight excluding hydrogens is 370 g/mol. The summed E-state index contributed by atoms with van der Waals surface area (Å²) in [5.74, 6) is -0.223. The first kappa shape index (κ1) is 19.6. The van der Waals surface area contributed by atoms with Crippen LogP contribution in [0.3, 0.4) is 0 Å². The number of piperazine rings is 1. The predicted octanol–water partition coefficient (Wildman–Crippen LogP) is 1.35. The fourth-order valence-electron chi connectivity index (χ4n) is 2.96. The van der Waals surface area contributed by atoms with Crippen LogP contribution in [0.15, 0.2) is 23.1 Å². The first-order chi connectivity index (χ1) is 12.8. The van der Waals surface area contributed by atoms with E-state index in [2.05, 4.69) is 4.72 Å². The van der Waals surface area contributed by atoms with Gasteiger partial charge in [-0.2, -0.15) is 0 Å². The lowest BCUT2D eigenvalue weighted by molar-refractivity contribution is 0.0569. The van der Waals surface area contributed by atoms with Crippen molar-refractivity contribution in [3.8, 4) is 0 Å². The molecule has 1 N–H and O–H groups in total. The van der Waals surface area contributed by atoms with Gasteiger partial charge in [-0.05, 0) is 44.4 Å². The Morgan fingerprint density at radius 1 is 1.15 bits per heavy atom. The maximum absolute atomic E-state index is 12.9. The second-order valence-electron chi connectivity index (χ2n) is 6.85.